The Labute approximate surface area is 118 Å². The van der Waals surface area contributed by atoms with Gasteiger partial charge in [0, 0.05) is 30.7 Å². The van der Waals surface area contributed by atoms with Crippen molar-refractivity contribution >= 4 is 17.5 Å². The molecule has 1 fully saturated rings. The Hall–Kier alpha value is -1.10. The van der Waals surface area contributed by atoms with Crippen molar-refractivity contribution in [1.29, 1.82) is 0 Å². The topological polar surface area (TPSA) is 58.4 Å². The maximum atomic E-state index is 10.8. The van der Waals surface area contributed by atoms with Gasteiger partial charge in [-0.05, 0) is 30.5 Å². The van der Waals surface area contributed by atoms with Gasteiger partial charge in [-0.15, -0.1) is 0 Å². The molecule has 0 atom stereocenters. The molecule has 0 aliphatic carbocycles. The molecular formula is C14H20ClN3O. The Morgan fingerprint density at radius 1 is 1.32 bits per heavy atom. The van der Waals surface area contributed by atoms with E-state index in [1.54, 1.807) is 0 Å². The van der Waals surface area contributed by atoms with Crippen molar-refractivity contribution in [1.82, 2.24) is 10.2 Å². The predicted molar refractivity (Wildman–Crippen MR) is 76.9 cm³/mol. The first-order chi connectivity index (χ1) is 9.13. The molecule has 104 valence electrons. The third-order valence-corrected chi connectivity index (χ3v) is 3.73. The number of hydrogen-bond acceptors (Lipinski definition) is 3. The number of benzene rings is 1. The summed E-state index contributed by atoms with van der Waals surface area (Å²) < 4.78 is 0. The first-order valence-corrected chi connectivity index (χ1v) is 7.00. The average Bonchev–Trinajstić information content (AvgIpc) is 2.39. The van der Waals surface area contributed by atoms with Crippen molar-refractivity contribution in [3.05, 3.63) is 34.9 Å². The monoisotopic (exact) mass is 281 g/mol. The lowest BCUT2D eigenvalue weighted by molar-refractivity contribution is -0.119. The number of hydrogen-bond donors (Lipinski definition) is 2. The van der Waals surface area contributed by atoms with E-state index in [1.165, 1.54) is 5.56 Å². The molecule has 1 aromatic rings. The van der Waals surface area contributed by atoms with Crippen LogP contribution in [0.2, 0.25) is 5.02 Å². The summed E-state index contributed by atoms with van der Waals surface area (Å²) in [6, 6.07) is 8.41. The molecule has 1 aliphatic heterocycles. The normalized spacial score (nSPS) is 17.5. The number of nitrogens with zero attached hydrogens (tertiary/aromatic N) is 1. The minimum Gasteiger partial charge on any atom is -0.369 e. The van der Waals surface area contributed by atoms with Gasteiger partial charge in [0.05, 0.1) is 6.54 Å². The second kappa shape index (κ2) is 6.89. The predicted octanol–water partition coefficient (Wildman–Crippen LogP) is 1.38. The van der Waals surface area contributed by atoms with E-state index < -0.39 is 0 Å². The largest absolute Gasteiger partial charge is 0.369 e. The molecule has 19 heavy (non-hydrogen) atoms. The molecule has 4 nitrogen and oxygen atoms in total. The third-order valence-electron chi connectivity index (χ3n) is 3.48. The molecule has 1 heterocycles. The van der Waals surface area contributed by atoms with E-state index in [0.29, 0.717) is 12.6 Å². The molecule has 3 N–H and O–H groups in total. The van der Waals surface area contributed by atoms with Crippen LogP contribution in [0.25, 0.3) is 0 Å². The first-order valence-electron chi connectivity index (χ1n) is 6.62. The zero-order valence-electron chi connectivity index (χ0n) is 10.9. The Balaban J connectivity index is 1.71. The van der Waals surface area contributed by atoms with Crippen LogP contribution in [0.15, 0.2) is 24.3 Å². The van der Waals surface area contributed by atoms with Crippen LogP contribution in [0, 0.1) is 0 Å². The Morgan fingerprint density at radius 3 is 2.53 bits per heavy atom. The van der Waals surface area contributed by atoms with Gasteiger partial charge in [0.2, 0.25) is 5.91 Å². The standard InChI is InChI=1S/C14H20ClN3O/c15-12-3-1-11(2-4-12)9-17-13-5-7-18(8-6-13)10-14(16)19/h1-4,13,17H,5-10H2,(H2,16,19). The molecular weight excluding hydrogens is 262 g/mol. The highest BCUT2D eigenvalue weighted by Crippen LogP contribution is 2.12. The van der Waals surface area contributed by atoms with E-state index in [2.05, 4.69) is 10.2 Å². The summed E-state index contributed by atoms with van der Waals surface area (Å²) in [6.07, 6.45) is 2.11. The lowest BCUT2D eigenvalue weighted by Crippen LogP contribution is -2.45. The van der Waals surface area contributed by atoms with Crippen LogP contribution in [-0.4, -0.2) is 36.5 Å². The van der Waals surface area contributed by atoms with Gasteiger partial charge in [-0.3, -0.25) is 9.69 Å². The molecule has 2 rings (SSSR count). The van der Waals surface area contributed by atoms with Crippen LogP contribution < -0.4 is 11.1 Å². The smallest absolute Gasteiger partial charge is 0.231 e. The number of rotatable bonds is 5. The second-order valence-electron chi connectivity index (χ2n) is 5.02. The number of piperidine rings is 1. The summed E-state index contributed by atoms with van der Waals surface area (Å²) in [5.74, 6) is -0.243. The molecule has 0 radical (unpaired) electrons. The van der Waals surface area contributed by atoms with E-state index in [0.717, 1.165) is 37.5 Å². The molecule has 0 saturated carbocycles. The zero-order chi connectivity index (χ0) is 13.7. The van der Waals surface area contributed by atoms with Crippen molar-refractivity contribution in [2.75, 3.05) is 19.6 Å². The number of carbonyl (C=O) groups is 1. The van der Waals surface area contributed by atoms with Crippen LogP contribution in [0.3, 0.4) is 0 Å². The molecule has 1 aliphatic rings. The number of nitrogens with one attached hydrogen (secondary N) is 1. The summed E-state index contributed by atoms with van der Waals surface area (Å²) in [5.41, 5.74) is 6.44. The zero-order valence-corrected chi connectivity index (χ0v) is 11.7. The third kappa shape index (κ3) is 4.82. The SMILES string of the molecule is NC(=O)CN1CCC(NCc2ccc(Cl)cc2)CC1. The van der Waals surface area contributed by atoms with Crippen LogP contribution >= 0.6 is 11.6 Å². The van der Waals surface area contributed by atoms with Gasteiger partial charge in [0.15, 0.2) is 0 Å². The van der Waals surface area contributed by atoms with Gasteiger partial charge in [-0.1, -0.05) is 23.7 Å². The molecule has 1 amide bonds. The summed E-state index contributed by atoms with van der Waals surface area (Å²) in [4.78, 5) is 13.0. The van der Waals surface area contributed by atoms with Gasteiger partial charge in [-0.2, -0.15) is 0 Å². The van der Waals surface area contributed by atoms with E-state index >= 15 is 0 Å². The fourth-order valence-corrected chi connectivity index (χ4v) is 2.51. The van der Waals surface area contributed by atoms with Crippen LogP contribution in [0.5, 0.6) is 0 Å². The van der Waals surface area contributed by atoms with Gasteiger partial charge < -0.3 is 11.1 Å². The van der Waals surface area contributed by atoms with Crippen molar-refractivity contribution in [2.24, 2.45) is 5.73 Å². The Morgan fingerprint density at radius 2 is 1.95 bits per heavy atom. The summed E-state index contributed by atoms with van der Waals surface area (Å²) in [7, 11) is 0. The Kier molecular flexibility index (Phi) is 5.19. The molecule has 0 unspecified atom stereocenters. The fourth-order valence-electron chi connectivity index (χ4n) is 2.38. The van der Waals surface area contributed by atoms with E-state index in [-0.39, 0.29) is 5.91 Å². The molecule has 1 aromatic carbocycles. The minimum absolute atomic E-state index is 0.243. The Bertz CT molecular complexity index is 413. The van der Waals surface area contributed by atoms with Gasteiger partial charge >= 0.3 is 0 Å². The number of halogens is 1. The first kappa shape index (κ1) is 14.3. The van der Waals surface area contributed by atoms with Gasteiger partial charge in [0.25, 0.3) is 0 Å². The molecule has 5 heteroatoms. The molecule has 0 bridgehead atoms. The average molecular weight is 282 g/mol. The number of nitrogens with two attached hydrogens (primary N) is 1. The number of amides is 1. The van der Waals surface area contributed by atoms with E-state index in [1.807, 2.05) is 24.3 Å². The number of carbonyl (C=O) groups excluding carboxylic acids is 1. The van der Waals surface area contributed by atoms with Crippen LogP contribution in [0.4, 0.5) is 0 Å². The van der Waals surface area contributed by atoms with Gasteiger partial charge in [-0.25, -0.2) is 0 Å². The molecule has 1 saturated heterocycles. The summed E-state index contributed by atoms with van der Waals surface area (Å²) in [6.45, 7) is 3.10. The van der Waals surface area contributed by atoms with E-state index in [9.17, 15) is 4.79 Å². The maximum absolute atomic E-state index is 10.8. The lowest BCUT2D eigenvalue weighted by atomic mass is 10.0. The van der Waals surface area contributed by atoms with Crippen molar-refractivity contribution in [3.8, 4) is 0 Å². The fraction of sp³-hybridized carbons (Fsp3) is 0.500. The van der Waals surface area contributed by atoms with Crippen molar-refractivity contribution in [2.45, 2.75) is 25.4 Å². The van der Waals surface area contributed by atoms with Crippen LogP contribution in [-0.2, 0) is 11.3 Å². The highest BCUT2D eigenvalue weighted by Gasteiger charge is 2.19. The quantitative estimate of drug-likeness (QED) is 0.857. The summed E-state index contributed by atoms with van der Waals surface area (Å²) >= 11 is 5.85. The van der Waals surface area contributed by atoms with Crippen molar-refractivity contribution < 1.29 is 4.79 Å². The highest BCUT2D eigenvalue weighted by atomic mass is 35.5. The molecule has 0 spiro atoms. The lowest BCUT2D eigenvalue weighted by Gasteiger charge is -2.31. The second-order valence-corrected chi connectivity index (χ2v) is 5.46. The van der Waals surface area contributed by atoms with E-state index in [4.69, 9.17) is 17.3 Å². The summed E-state index contributed by atoms with van der Waals surface area (Å²) in [5, 5.41) is 4.31. The molecule has 0 aromatic heterocycles. The number of likely N-dealkylation sites (tertiary alicyclic amines) is 1. The maximum Gasteiger partial charge on any atom is 0.231 e. The van der Waals surface area contributed by atoms with Gasteiger partial charge in [0.1, 0.15) is 0 Å². The minimum atomic E-state index is -0.243. The van der Waals surface area contributed by atoms with Crippen molar-refractivity contribution in [3.63, 3.8) is 0 Å². The highest BCUT2D eigenvalue weighted by molar-refractivity contribution is 6.30. The van der Waals surface area contributed by atoms with Crippen LogP contribution in [0.1, 0.15) is 18.4 Å². The number of primary amides is 1.